The highest BCUT2D eigenvalue weighted by Gasteiger charge is 2.27. The van der Waals surface area contributed by atoms with Gasteiger partial charge in [0.2, 0.25) is 15.9 Å². The molecule has 1 saturated heterocycles. The third-order valence-corrected chi connectivity index (χ3v) is 5.47. The van der Waals surface area contributed by atoms with Crippen molar-refractivity contribution in [3.05, 3.63) is 42.0 Å². The van der Waals surface area contributed by atoms with Gasteiger partial charge in [0.15, 0.2) is 0 Å². The Morgan fingerprint density at radius 1 is 1.35 bits per heavy atom. The summed E-state index contributed by atoms with van der Waals surface area (Å²) in [5.41, 5.74) is 0.721. The molecule has 1 aromatic carbocycles. The molecule has 1 atom stereocenters. The molecule has 0 radical (unpaired) electrons. The first-order valence-corrected chi connectivity index (χ1v) is 9.45. The summed E-state index contributed by atoms with van der Waals surface area (Å²) in [6.07, 6.45) is 4.26. The number of benzene rings is 1. The zero-order chi connectivity index (χ0) is 16.9. The Hall–Kier alpha value is -1.66. The minimum atomic E-state index is -3.54. The van der Waals surface area contributed by atoms with Crippen LogP contribution in [-0.4, -0.2) is 38.4 Å². The summed E-state index contributed by atoms with van der Waals surface area (Å²) in [7, 11) is -3.54. The van der Waals surface area contributed by atoms with Crippen molar-refractivity contribution in [3.63, 3.8) is 0 Å². The predicted molar refractivity (Wildman–Crippen MR) is 90.4 cm³/mol. The number of hydrogen-bond donors (Lipinski definition) is 1. The van der Waals surface area contributed by atoms with Crippen LogP contribution >= 0.6 is 0 Å². The molecule has 6 heteroatoms. The molecule has 1 heterocycles. The number of carbonyl (C=O) groups is 1. The van der Waals surface area contributed by atoms with Crippen LogP contribution < -0.4 is 4.72 Å². The van der Waals surface area contributed by atoms with Gasteiger partial charge in [-0.1, -0.05) is 31.2 Å². The summed E-state index contributed by atoms with van der Waals surface area (Å²) in [5, 5.41) is 0. The zero-order valence-electron chi connectivity index (χ0n) is 13.7. The molecule has 0 saturated carbocycles. The Bertz CT molecular complexity index is 668. The highest BCUT2D eigenvalue weighted by Crippen LogP contribution is 2.16. The average molecular weight is 336 g/mol. The second-order valence-corrected chi connectivity index (χ2v) is 7.53. The van der Waals surface area contributed by atoms with Crippen LogP contribution in [0.5, 0.6) is 0 Å². The van der Waals surface area contributed by atoms with Gasteiger partial charge in [0.05, 0.1) is 4.90 Å². The van der Waals surface area contributed by atoms with E-state index in [1.54, 1.807) is 35.2 Å². The van der Waals surface area contributed by atoms with Crippen molar-refractivity contribution in [1.82, 2.24) is 9.62 Å². The Morgan fingerprint density at radius 2 is 2.04 bits per heavy atom. The molecular weight excluding hydrogens is 312 g/mol. The molecule has 1 N–H and O–H groups in total. The number of rotatable bonds is 5. The SMILES string of the molecule is CC/C=C(\C)C(=O)N1CCC[C@@H](NS(=O)(=O)c2ccccc2)C1. The lowest BCUT2D eigenvalue weighted by Crippen LogP contribution is -2.49. The number of sulfonamides is 1. The summed E-state index contributed by atoms with van der Waals surface area (Å²) in [6, 6.07) is 8.08. The molecule has 126 valence electrons. The lowest BCUT2D eigenvalue weighted by atomic mass is 10.1. The molecule has 1 aliphatic rings. The molecule has 0 unspecified atom stereocenters. The monoisotopic (exact) mass is 336 g/mol. The third kappa shape index (κ3) is 4.65. The smallest absolute Gasteiger partial charge is 0.249 e. The molecule has 5 nitrogen and oxygen atoms in total. The number of nitrogens with zero attached hydrogens (tertiary/aromatic N) is 1. The normalized spacial score (nSPS) is 19.7. The van der Waals surface area contributed by atoms with E-state index in [0.29, 0.717) is 13.1 Å². The molecule has 0 bridgehead atoms. The summed E-state index contributed by atoms with van der Waals surface area (Å²) in [6.45, 7) is 4.89. The van der Waals surface area contributed by atoms with Gasteiger partial charge in [0.1, 0.15) is 0 Å². The molecule has 0 aliphatic carbocycles. The van der Waals surface area contributed by atoms with Gasteiger partial charge in [-0.2, -0.15) is 0 Å². The topological polar surface area (TPSA) is 66.5 Å². The fourth-order valence-corrected chi connectivity index (χ4v) is 4.07. The molecule has 1 aromatic rings. The van der Waals surface area contributed by atoms with Crippen molar-refractivity contribution >= 4 is 15.9 Å². The van der Waals surface area contributed by atoms with E-state index in [-0.39, 0.29) is 16.8 Å². The van der Waals surface area contributed by atoms with Crippen LogP contribution in [0.15, 0.2) is 46.9 Å². The van der Waals surface area contributed by atoms with E-state index >= 15 is 0 Å². The molecule has 1 aliphatic heterocycles. The third-order valence-electron chi connectivity index (χ3n) is 3.93. The van der Waals surface area contributed by atoms with Crippen LogP contribution in [0.4, 0.5) is 0 Å². The number of amides is 1. The number of nitrogens with one attached hydrogen (secondary N) is 1. The second kappa shape index (κ2) is 7.75. The maximum Gasteiger partial charge on any atom is 0.249 e. The van der Waals surface area contributed by atoms with Gasteiger partial charge in [0.25, 0.3) is 0 Å². The van der Waals surface area contributed by atoms with Crippen LogP contribution in [0.2, 0.25) is 0 Å². The standard InChI is InChI=1S/C17H24N2O3S/c1-3-8-14(2)17(20)19-12-7-9-15(13-19)18-23(21,22)16-10-5-4-6-11-16/h4-6,8,10-11,15,18H,3,7,9,12-13H2,1-2H3/b14-8+/t15-/m1/s1. The van der Waals surface area contributed by atoms with Gasteiger partial charge in [0, 0.05) is 24.7 Å². The molecular formula is C17H24N2O3S. The Morgan fingerprint density at radius 3 is 2.70 bits per heavy atom. The number of likely N-dealkylation sites (tertiary alicyclic amines) is 1. The van der Waals surface area contributed by atoms with E-state index in [2.05, 4.69) is 4.72 Å². The first kappa shape index (κ1) is 17.7. The molecule has 1 amide bonds. The molecule has 1 fully saturated rings. The minimum Gasteiger partial charge on any atom is -0.337 e. The van der Waals surface area contributed by atoms with Crippen molar-refractivity contribution in [2.24, 2.45) is 0 Å². The molecule has 2 rings (SSSR count). The molecule has 0 aromatic heterocycles. The zero-order valence-corrected chi connectivity index (χ0v) is 14.5. The van der Waals surface area contributed by atoms with Crippen LogP contribution in [0, 0.1) is 0 Å². The number of hydrogen-bond acceptors (Lipinski definition) is 3. The highest BCUT2D eigenvalue weighted by molar-refractivity contribution is 7.89. The fourth-order valence-electron chi connectivity index (χ4n) is 2.79. The van der Waals surface area contributed by atoms with Crippen LogP contribution in [-0.2, 0) is 14.8 Å². The first-order valence-electron chi connectivity index (χ1n) is 7.97. The quantitative estimate of drug-likeness (QED) is 0.839. The average Bonchev–Trinajstić information content (AvgIpc) is 2.55. The number of allylic oxidation sites excluding steroid dienone is 1. The summed E-state index contributed by atoms with van der Waals surface area (Å²) in [4.78, 5) is 14.3. The number of carbonyl (C=O) groups excluding carboxylic acids is 1. The van der Waals surface area contributed by atoms with E-state index in [1.165, 1.54) is 0 Å². The van der Waals surface area contributed by atoms with E-state index in [4.69, 9.17) is 0 Å². The van der Waals surface area contributed by atoms with Crippen molar-refractivity contribution in [3.8, 4) is 0 Å². The van der Waals surface area contributed by atoms with Crippen LogP contribution in [0.25, 0.3) is 0 Å². The Kier molecular flexibility index (Phi) is 5.96. The largest absolute Gasteiger partial charge is 0.337 e. The summed E-state index contributed by atoms with van der Waals surface area (Å²) < 4.78 is 27.5. The van der Waals surface area contributed by atoms with Gasteiger partial charge in [-0.05, 0) is 38.3 Å². The van der Waals surface area contributed by atoms with Crippen LogP contribution in [0.3, 0.4) is 0 Å². The predicted octanol–water partition coefficient (Wildman–Crippen LogP) is 2.31. The maximum absolute atomic E-state index is 12.4. The first-order chi connectivity index (χ1) is 10.9. The van der Waals surface area contributed by atoms with Crippen LogP contribution in [0.1, 0.15) is 33.1 Å². The van der Waals surface area contributed by atoms with Crippen molar-refractivity contribution in [2.75, 3.05) is 13.1 Å². The summed E-state index contributed by atoms with van der Waals surface area (Å²) in [5.74, 6) is -0.00420. The maximum atomic E-state index is 12.4. The van der Waals surface area contributed by atoms with Gasteiger partial charge in [-0.15, -0.1) is 0 Å². The Balaban J connectivity index is 2.05. The van der Waals surface area contributed by atoms with E-state index in [0.717, 1.165) is 24.8 Å². The van der Waals surface area contributed by atoms with Gasteiger partial charge < -0.3 is 4.90 Å². The fraction of sp³-hybridized carbons (Fsp3) is 0.471. The van der Waals surface area contributed by atoms with E-state index in [9.17, 15) is 13.2 Å². The second-order valence-electron chi connectivity index (χ2n) is 5.82. The molecule has 23 heavy (non-hydrogen) atoms. The Labute approximate surface area is 138 Å². The van der Waals surface area contributed by atoms with Gasteiger partial charge in [-0.3, -0.25) is 4.79 Å². The highest BCUT2D eigenvalue weighted by atomic mass is 32.2. The van der Waals surface area contributed by atoms with Crippen molar-refractivity contribution < 1.29 is 13.2 Å². The lowest BCUT2D eigenvalue weighted by Gasteiger charge is -2.33. The van der Waals surface area contributed by atoms with Crippen molar-refractivity contribution in [1.29, 1.82) is 0 Å². The van der Waals surface area contributed by atoms with E-state index in [1.807, 2.05) is 19.9 Å². The van der Waals surface area contributed by atoms with Gasteiger partial charge in [-0.25, -0.2) is 13.1 Å². The summed E-state index contributed by atoms with van der Waals surface area (Å²) >= 11 is 0. The van der Waals surface area contributed by atoms with E-state index < -0.39 is 10.0 Å². The van der Waals surface area contributed by atoms with Crippen molar-refractivity contribution in [2.45, 2.75) is 44.0 Å². The minimum absolute atomic E-state index is 0.00420. The van der Waals surface area contributed by atoms with Gasteiger partial charge >= 0.3 is 0 Å². The molecule has 0 spiro atoms. The lowest BCUT2D eigenvalue weighted by molar-refractivity contribution is -0.128. The number of piperidine rings is 1.